The molecule has 2 rings (SSSR count). The Labute approximate surface area is 125 Å². The van der Waals surface area contributed by atoms with Crippen molar-refractivity contribution >= 4 is 5.97 Å². The van der Waals surface area contributed by atoms with Crippen LogP contribution in [0.4, 0.5) is 0 Å². The van der Waals surface area contributed by atoms with Crippen molar-refractivity contribution in [2.45, 2.75) is 32.1 Å². The summed E-state index contributed by atoms with van der Waals surface area (Å²) in [5.74, 6) is -0.895. The molecular weight excluding hydrogens is 270 g/mol. The summed E-state index contributed by atoms with van der Waals surface area (Å²) in [7, 11) is 1.70. The van der Waals surface area contributed by atoms with E-state index < -0.39 is 5.97 Å². The molecule has 0 saturated carbocycles. The van der Waals surface area contributed by atoms with Crippen molar-refractivity contribution in [3.63, 3.8) is 0 Å². The van der Waals surface area contributed by atoms with E-state index >= 15 is 0 Å². The van der Waals surface area contributed by atoms with Crippen molar-refractivity contribution in [1.82, 2.24) is 4.90 Å². The van der Waals surface area contributed by atoms with Gasteiger partial charge in [-0.2, -0.15) is 0 Å². The number of piperidine rings is 1. The zero-order chi connectivity index (χ0) is 15.1. The van der Waals surface area contributed by atoms with E-state index in [9.17, 15) is 4.79 Å². The molecule has 116 valence electrons. The van der Waals surface area contributed by atoms with E-state index in [0.29, 0.717) is 6.61 Å². The van der Waals surface area contributed by atoms with Crippen LogP contribution in [0, 0.1) is 0 Å². The van der Waals surface area contributed by atoms with E-state index in [4.69, 9.17) is 14.6 Å². The van der Waals surface area contributed by atoms with Gasteiger partial charge in [0.15, 0.2) is 0 Å². The lowest BCUT2D eigenvalue weighted by molar-refractivity contribution is -0.145. The van der Waals surface area contributed by atoms with Crippen LogP contribution in [0.5, 0.6) is 0 Å². The molecule has 1 saturated heterocycles. The van der Waals surface area contributed by atoms with Crippen molar-refractivity contribution in [1.29, 1.82) is 0 Å². The lowest BCUT2D eigenvalue weighted by Crippen LogP contribution is -2.37. The highest BCUT2D eigenvalue weighted by Gasteiger charge is 2.20. The lowest BCUT2D eigenvalue weighted by Gasteiger charge is -2.31. The topological polar surface area (TPSA) is 59.0 Å². The molecule has 1 aromatic carbocycles. The SMILES string of the molecule is COCc1ccc(CN2CCC(OCC(=O)O)CC2)cc1. The number of hydrogen-bond acceptors (Lipinski definition) is 4. The number of ether oxygens (including phenoxy) is 2. The van der Waals surface area contributed by atoms with E-state index in [0.717, 1.165) is 32.5 Å². The molecule has 0 atom stereocenters. The van der Waals surface area contributed by atoms with E-state index in [1.165, 1.54) is 11.1 Å². The molecule has 1 aliphatic rings. The van der Waals surface area contributed by atoms with Crippen LogP contribution in [0.1, 0.15) is 24.0 Å². The van der Waals surface area contributed by atoms with Gasteiger partial charge in [0, 0.05) is 26.7 Å². The zero-order valence-electron chi connectivity index (χ0n) is 12.5. The number of carbonyl (C=O) groups is 1. The predicted molar refractivity (Wildman–Crippen MR) is 79.0 cm³/mol. The summed E-state index contributed by atoms with van der Waals surface area (Å²) in [6.07, 6.45) is 1.88. The molecule has 0 radical (unpaired) electrons. The van der Waals surface area contributed by atoms with Gasteiger partial charge in [-0.1, -0.05) is 24.3 Å². The summed E-state index contributed by atoms with van der Waals surface area (Å²) in [5, 5.41) is 8.61. The summed E-state index contributed by atoms with van der Waals surface area (Å²) in [6.45, 7) is 3.28. The van der Waals surface area contributed by atoms with Gasteiger partial charge in [-0.25, -0.2) is 4.79 Å². The van der Waals surface area contributed by atoms with Crippen LogP contribution < -0.4 is 0 Å². The Kier molecular flexibility index (Phi) is 6.17. The first-order chi connectivity index (χ1) is 10.2. The molecule has 1 aromatic rings. The molecule has 0 aromatic heterocycles. The highest BCUT2D eigenvalue weighted by molar-refractivity contribution is 5.68. The Balaban J connectivity index is 1.74. The smallest absolute Gasteiger partial charge is 0.329 e. The monoisotopic (exact) mass is 293 g/mol. The van der Waals surface area contributed by atoms with Gasteiger partial charge < -0.3 is 14.6 Å². The summed E-state index contributed by atoms with van der Waals surface area (Å²) < 4.78 is 10.4. The van der Waals surface area contributed by atoms with Gasteiger partial charge >= 0.3 is 5.97 Å². The molecule has 0 spiro atoms. The van der Waals surface area contributed by atoms with Crippen LogP contribution in [0.15, 0.2) is 24.3 Å². The van der Waals surface area contributed by atoms with Crippen LogP contribution in [0.3, 0.4) is 0 Å². The van der Waals surface area contributed by atoms with Crippen LogP contribution in [-0.2, 0) is 27.4 Å². The van der Waals surface area contributed by atoms with Crippen molar-refractivity contribution in [2.75, 3.05) is 26.8 Å². The van der Waals surface area contributed by atoms with Crippen molar-refractivity contribution < 1.29 is 19.4 Å². The molecule has 5 nitrogen and oxygen atoms in total. The minimum atomic E-state index is -0.895. The maximum Gasteiger partial charge on any atom is 0.329 e. The second-order valence-corrected chi connectivity index (χ2v) is 5.43. The van der Waals surface area contributed by atoms with Gasteiger partial charge in [-0.15, -0.1) is 0 Å². The van der Waals surface area contributed by atoms with E-state index in [2.05, 4.69) is 29.2 Å². The normalized spacial score (nSPS) is 17.0. The standard InChI is InChI=1S/C16H23NO4/c1-20-11-14-4-2-13(3-5-14)10-17-8-6-15(7-9-17)21-12-16(18)19/h2-5,15H,6-12H2,1H3,(H,18,19). The highest BCUT2D eigenvalue weighted by Crippen LogP contribution is 2.16. The van der Waals surface area contributed by atoms with Crippen LogP contribution in [0.25, 0.3) is 0 Å². The fourth-order valence-electron chi connectivity index (χ4n) is 2.59. The number of rotatable bonds is 7. The highest BCUT2D eigenvalue weighted by atomic mass is 16.5. The lowest BCUT2D eigenvalue weighted by atomic mass is 10.1. The molecular formula is C16H23NO4. The third-order valence-electron chi connectivity index (χ3n) is 3.72. The second-order valence-electron chi connectivity index (χ2n) is 5.43. The minimum absolute atomic E-state index is 0.0847. The Morgan fingerprint density at radius 2 is 1.86 bits per heavy atom. The Bertz CT molecular complexity index is 438. The molecule has 1 heterocycles. The van der Waals surface area contributed by atoms with Crippen LogP contribution in [-0.4, -0.2) is 48.9 Å². The molecule has 1 N–H and O–H groups in total. The van der Waals surface area contributed by atoms with E-state index in [1.807, 2.05) is 0 Å². The molecule has 1 aliphatic heterocycles. The average Bonchev–Trinajstić information content (AvgIpc) is 2.49. The Morgan fingerprint density at radius 1 is 1.24 bits per heavy atom. The maximum absolute atomic E-state index is 10.5. The number of likely N-dealkylation sites (tertiary alicyclic amines) is 1. The van der Waals surface area contributed by atoms with Crippen molar-refractivity contribution in [2.24, 2.45) is 0 Å². The van der Waals surface area contributed by atoms with Gasteiger partial charge in [-0.05, 0) is 24.0 Å². The number of aliphatic carboxylic acids is 1. The third kappa shape index (κ3) is 5.46. The van der Waals surface area contributed by atoms with Gasteiger partial charge in [0.1, 0.15) is 6.61 Å². The van der Waals surface area contributed by atoms with Gasteiger partial charge in [0.05, 0.1) is 12.7 Å². The molecule has 0 amide bonds. The van der Waals surface area contributed by atoms with Crippen molar-refractivity contribution in [3.8, 4) is 0 Å². The minimum Gasteiger partial charge on any atom is -0.480 e. The second kappa shape index (κ2) is 8.12. The molecule has 0 bridgehead atoms. The largest absolute Gasteiger partial charge is 0.480 e. The number of carboxylic acid groups (broad SMARTS) is 1. The molecule has 1 fully saturated rings. The number of benzene rings is 1. The quantitative estimate of drug-likeness (QED) is 0.832. The number of hydrogen-bond donors (Lipinski definition) is 1. The van der Waals surface area contributed by atoms with Crippen molar-refractivity contribution in [3.05, 3.63) is 35.4 Å². The summed E-state index contributed by atoms with van der Waals surface area (Å²) in [5.41, 5.74) is 2.47. The molecule has 0 aliphatic carbocycles. The maximum atomic E-state index is 10.5. The van der Waals surface area contributed by atoms with Crippen LogP contribution >= 0.6 is 0 Å². The fraction of sp³-hybridized carbons (Fsp3) is 0.562. The molecule has 21 heavy (non-hydrogen) atoms. The predicted octanol–water partition coefficient (Wildman–Crippen LogP) is 1.90. The first-order valence-corrected chi connectivity index (χ1v) is 7.30. The van der Waals surface area contributed by atoms with Gasteiger partial charge in [0.25, 0.3) is 0 Å². The van der Waals surface area contributed by atoms with Crippen LogP contribution in [0.2, 0.25) is 0 Å². The van der Waals surface area contributed by atoms with E-state index in [-0.39, 0.29) is 12.7 Å². The first-order valence-electron chi connectivity index (χ1n) is 7.30. The van der Waals surface area contributed by atoms with Gasteiger partial charge in [0.2, 0.25) is 0 Å². The average molecular weight is 293 g/mol. The zero-order valence-corrected chi connectivity index (χ0v) is 12.5. The number of nitrogens with zero attached hydrogens (tertiary/aromatic N) is 1. The van der Waals surface area contributed by atoms with Gasteiger partial charge in [-0.3, -0.25) is 4.90 Å². The fourth-order valence-corrected chi connectivity index (χ4v) is 2.59. The first kappa shape index (κ1) is 15.9. The molecule has 5 heteroatoms. The molecule has 0 unspecified atom stereocenters. The number of carboxylic acids is 1. The van der Waals surface area contributed by atoms with E-state index in [1.54, 1.807) is 7.11 Å². The Hall–Kier alpha value is -1.43. The summed E-state index contributed by atoms with van der Waals surface area (Å²) in [4.78, 5) is 12.9. The third-order valence-corrected chi connectivity index (χ3v) is 3.72. The summed E-state index contributed by atoms with van der Waals surface area (Å²) >= 11 is 0. The summed E-state index contributed by atoms with van der Waals surface area (Å²) in [6, 6.07) is 8.48. The number of methoxy groups -OCH3 is 1. The Morgan fingerprint density at radius 3 is 2.43 bits per heavy atom.